The van der Waals surface area contributed by atoms with E-state index >= 15 is 0 Å². The van der Waals surface area contributed by atoms with Gasteiger partial charge in [-0.05, 0) is 44.0 Å². The number of carbonyl (C=O) groups excluding carboxylic acids is 1. The van der Waals surface area contributed by atoms with Crippen LogP contribution >= 0.6 is 0 Å². The van der Waals surface area contributed by atoms with Gasteiger partial charge in [-0.1, -0.05) is 13.3 Å². The van der Waals surface area contributed by atoms with E-state index in [9.17, 15) is 14.3 Å². The molecule has 1 aliphatic carbocycles. The van der Waals surface area contributed by atoms with E-state index in [0.29, 0.717) is 12.1 Å². The second-order valence-corrected chi connectivity index (χ2v) is 6.58. The molecule has 1 amide bonds. The SMILES string of the molecule is CC(CC(=O)Nc1ccc(F)cc1)NC1CCCC1(C)CO. The van der Waals surface area contributed by atoms with Crippen molar-refractivity contribution >= 4 is 11.6 Å². The summed E-state index contributed by atoms with van der Waals surface area (Å²) in [5.74, 6) is -0.423. The molecule has 1 aromatic carbocycles. The Morgan fingerprint density at radius 3 is 2.77 bits per heavy atom. The number of hydrogen-bond acceptors (Lipinski definition) is 3. The van der Waals surface area contributed by atoms with Gasteiger partial charge < -0.3 is 15.7 Å². The molecule has 3 N–H and O–H groups in total. The predicted molar refractivity (Wildman–Crippen MR) is 85.1 cm³/mol. The van der Waals surface area contributed by atoms with Gasteiger partial charge in [0, 0.05) is 36.2 Å². The number of hydrogen-bond donors (Lipinski definition) is 3. The number of amides is 1. The van der Waals surface area contributed by atoms with Crippen molar-refractivity contribution in [3.8, 4) is 0 Å². The number of aliphatic hydroxyl groups is 1. The number of carbonyl (C=O) groups is 1. The van der Waals surface area contributed by atoms with Crippen molar-refractivity contribution in [2.24, 2.45) is 5.41 Å². The normalized spacial score (nSPS) is 25.9. The van der Waals surface area contributed by atoms with Crippen molar-refractivity contribution in [2.45, 2.75) is 51.6 Å². The van der Waals surface area contributed by atoms with Crippen LogP contribution in [0.15, 0.2) is 24.3 Å². The van der Waals surface area contributed by atoms with Crippen molar-refractivity contribution in [3.05, 3.63) is 30.1 Å². The summed E-state index contributed by atoms with van der Waals surface area (Å²) in [5.41, 5.74) is 0.501. The molecule has 5 heteroatoms. The molecule has 1 aliphatic rings. The summed E-state index contributed by atoms with van der Waals surface area (Å²) < 4.78 is 12.8. The first-order valence-electron chi connectivity index (χ1n) is 7.85. The van der Waals surface area contributed by atoms with E-state index in [1.807, 2.05) is 6.92 Å². The molecule has 3 atom stereocenters. The fourth-order valence-corrected chi connectivity index (χ4v) is 3.13. The highest BCUT2D eigenvalue weighted by Gasteiger charge is 2.38. The first-order valence-corrected chi connectivity index (χ1v) is 7.85. The molecule has 0 bridgehead atoms. The van der Waals surface area contributed by atoms with Crippen molar-refractivity contribution in [2.75, 3.05) is 11.9 Å². The molecule has 0 saturated heterocycles. The van der Waals surface area contributed by atoms with Gasteiger partial charge in [0.1, 0.15) is 5.82 Å². The molecular formula is C17H25FN2O2. The Morgan fingerprint density at radius 2 is 2.14 bits per heavy atom. The highest BCUT2D eigenvalue weighted by molar-refractivity contribution is 5.91. The third kappa shape index (κ3) is 4.27. The van der Waals surface area contributed by atoms with Crippen LogP contribution < -0.4 is 10.6 Å². The minimum Gasteiger partial charge on any atom is -0.396 e. The van der Waals surface area contributed by atoms with Crippen LogP contribution in [-0.2, 0) is 4.79 Å². The summed E-state index contributed by atoms with van der Waals surface area (Å²) in [5, 5.41) is 15.8. The largest absolute Gasteiger partial charge is 0.396 e. The molecule has 0 heterocycles. The average Bonchev–Trinajstić information content (AvgIpc) is 2.83. The quantitative estimate of drug-likeness (QED) is 0.757. The van der Waals surface area contributed by atoms with Crippen LogP contribution in [0.25, 0.3) is 0 Å². The van der Waals surface area contributed by atoms with Gasteiger partial charge in [0.15, 0.2) is 0 Å². The van der Waals surface area contributed by atoms with Crippen LogP contribution in [-0.4, -0.2) is 29.7 Å². The average molecular weight is 308 g/mol. The lowest BCUT2D eigenvalue weighted by atomic mass is 9.85. The highest BCUT2D eigenvalue weighted by atomic mass is 19.1. The molecule has 0 radical (unpaired) electrons. The Balaban J connectivity index is 1.82. The second-order valence-electron chi connectivity index (χ2n) is 6.58. The van der Waals surface area contributed by atoms with Gasteiger partial charge in [0.2, 0.25) is 5.91 Å². The molecule has 1 fully saturated rings. The Morgan fingerprint density at radius 1 is 1.45 bits per heavy atom. The van der Waals surface area contributed by atoms with E-state index in [-0.39, 0.29) is 35.8 Å². The van der Waals surface area contributed by atoms with E-state index in [4.69, 9.17) is 0 Å². The van der Waals surface area contributed by atoms with Gasteiger partial charge in [0.05, 0.1) is 0 Å². The fourth-order valence-electron chi connectivity index (χ4n) is 3.13. The molecule has 1 aromatic rings. The van der Waals surface area contributed by atoms with E-state index in [0.717, 1.165) is 19.3 Å². The van der Waals surface area contributed by atoms with Crippen LogP contribution in [0.1, 0.15) is 39.5 Å². The molecular weight excluding hydrogens is 283 g/mol. The lowest BCUT2D eigenvalue weighted by Gasteiger charge is -2.32. The van der Waals surface area contributed by atoms with Gasteiger partial charge in [-0.2, -0.15) is 0 Å². The maximum atomic E-state index is 12.8. The summed E-state index contributed by atoms with van der Waals surface area (Å²) in [6.07, 6.45) is 3.48. The summed E-state index contributed by atoms with van der Waals surface area (Å²) in [4.78, 5) is 12.0. The van der Waals surface area contributed by atoms with Gasteiger partial charge in [0.25, 0.3) is 0 Å². The third-order valence-corrected chi connectivity index (χ3v) is 4.55. The van der Waals surface area contributed by atoms with Crippen molar-refractivity contribution in [3.63, 3.8) is 0 Å². The Kier molecular flexibility index (Phi) is 5.53. The summed E-state index contributed by atoms with van der Waals surface area (Å²) in [6.45, 7) is 4.22. The monoisotopic (exact) mass is 308 g/mol. The zero-order chi connectivity index (χ0) is 16.2. The molecule has 122 valence electrons. The molecule has 0 aliphatic heterocycles. The summed E-state index contributed by atoms with van der Waals surface area (Å²) in [7, 11) is 0. The molecule has 22 heavy (non-hydrogen) atoms. The zero-order valence-corrected chi connectivity index (χ0v) is 13.2. The Bertz CT molecular complexity index is 506. The number of aliphatic hydroxyl groups excluding tert-OH is 1. The minimum absolute atomic E-state index is 0.0226. The summed E-state index contributed by atoms with van der Waals surface area (Å²) in [6, 6.07) is 6.00. The fraction of sp³-hybridized carbons (Fsp3) is 0.588. The molecule has 1 saturated carbocycles. The van der Waals surface area contributed by atoms with Crippen molar-refractivity contribution < 1.29 is 14.3 Å². The van der Waals surface area contributed by atoms with Gasteiger partial charge >= 0.3 is 0 Å². The van der Waals surface area contributed by atoms with Crippen LogP contribution in [0.3, 0.4) is 0 Å². The molecule has 0 aromatic heterocycles. The molecule has 0 spiro atoms. The lowest BCUT2D eigenvalue weighted by molar-refractivity contribution is -0.116. The third-order valence-electron chi connectivity index (χ3n) is 4.55. The molecule has 3 unspecified atom stereocenters. The minimum atomic E-state index is -0.322. The number of anilines is 1. The lowest BCUT2D eigenvalue weighted by Crippen LogP contribution is -2.46. The van der Waals surface area contributed by atoms with Crippen LogP contribution in [0.2, 0.25) is 0 Å². The van der Waals surface area contributed by atoms with Gasteiger partial charge in [-0.25, -0.2) is 4.39 Å². The number of halogens is 1. The van der Waals surface area contributed by atoms with E-state index in [1.54, 1.807) is 12.1 Å². The number of benzene rings is 1. The molecule has 2 rings (SSSR count). The van der Waals surface area contributed by atoms with Crippen molar-refractivity contribution in [1.29, 1.82) is 0 Å². The zero-order valence-electron chi connectivity index (χ0n) is 13.2. The maximum absolute atomic E-state index is 12.8. The highest BCUT2D eigenvalue weighted by Crippen LogP contribution is 2.37. The van der Waals surface area contributed by atoms with E-state index in [2.05, 4.69) is 17.6 Å². The van der Waals surface area contributed by atoms with Crippen molar-refractivity contribution in [1.82, 2.24) is 5.32 Å². The number of nitrogens with one attached hydrogen (secondary N) is 2. The smallest absolute Gasteiger partial charge is 0.225 e. The Hall–Kier alpha value is -1.46. The van der Waals surface area contributed by atoms with Crippen LogP contribution in [0.5, 0.6) is 0 Å². The standard InChI is InChI=1S/C17H25FN2O2/c1-12(19-15-4-3-9-17(15,2)11-21)10-16(22)20-14-7-5-13(18)6-8-14/h5-8,12,15,19,21H,3-4,9-11H2,1-2H3,(H,20,22). The van der Waals surface area contributed by atoms with Gasteiger partial charge in [-0.3, -0.25) is 4.79 Å². The van der Waals surface area contributed by atoms with Gasteiger partial charge in [-0.15, -0.1) is 0 Å². The van der Waals surface area contributed by atoms with E-state index < -0.39 is 0 Å². The predicted octanol–water partition coefficient (Wildman–Crippen LogP) is 2.68. The Labute approximate surface area is 131 Å². The topological polar surface area (TPSA) is 61.4 Å². The van der Waals surface area contributed by atoms with E-state index in [1.165, 1.54) is 12.1 Å². The van der Waals surface area contributed by atoms with Crippen LogP contribution in [0.4, 0.5) is 10.1 Å². The van der Waals surface area contributed by atoms with Crippen LogP contribution in [0, 0.1) is 11.2 Å². The first kappa shape index (κ1) is 16.9. The second kappa shape index (κ2) is 7.20. The summed E-state index contributed by atoms with van der Waals surface area (Å²) >= 11 is 0. The first-order chi connectivity index (χ1) is 10.4. The maximum Gasteiger partial charge on any atom is 0.225 e. The molecule has 4 nitrogen and oxygen atoms in total. The number of rotatable bonds is 6.